The van der Waals surface area contributed by atoms with Gasteiger partial charge in [0.25, 0.3) is 0 Å². The fourth-order valence-electron chi connectivity index (χ4n) is 4.30. The monoisotopic (exact) mass is 475 g/mol. The lowest BCUT2D eigenvalue weighted by Crippen LogP contribution is -2.33. The minimum Gasteiger partial charge on any atom is -0.481 e. The number of carboxylic acid groups (broad SMARTS) is 1. The number of ketones is 1. The molecule has 1 aliphatic rings. The Morgan fingerprint density at radius 3 is 2.38 bits per heavy atom. The van der Waals surface area contributed by atoms with Crippen molar-refractivity contribution < 1.29 is 34.8 Å². The van der Waals surface area contributed by atoms with E-state index in [0.29, 0.717) is 35.3 Å². The van der Waals surface area contributed by atoms with E-state index in [4.69, 9.17) is 9.84 Å². The molecule has 0 spiro atoms. The maximum Gasteiger partial charge on any atom is 0.303 e. The van der Waals surface area contributed by atoms with Crippen molar-refractivity contribution in [2.24, 2.45) is 0 Å². The van der Waals surface area contributed by atoms with Crippen LogP contribution in [0.1, 0.15) is 56.9 Å². The number of nitrogens with zero attached hydrogens (tertiary/aromatic N) is 5. The number of unbranched alkanes of at least 4 members (excludes halogenated alkanes) is 4. The number of aliphatic hydroxyl groups excluding tert-OH is 3. The topological polar surface area (TPSA) is 172 Å². The highest BCUT2D eigenvalue weighted by atomic mass is 16.6. The molecule has 4 atom stereocenters. The molecule has 0 saturated carbocycles. The summed E-state index contributed by atoms with van der Waals surface area (Å²) in [5.74, 6) is -0.690. The number of aliphatic carboxylic acids is 1. The number of ether oxygens (including phenoxy) is 1. The van der Waals surface area contributed by atoms with Crippen LogP contribution in [0.3, 0.4) is 0 Å². The quantitative estimate of drug-likeness (QED) is 0.272. The van der Waals surface area contributed by atoms with Gasteiger partial charge < -0.3 is 25.2 Å². The normalized spacial score (nSPS) is 22.7. The zero-order valence-corrected chi connectivity index (χ0v) is 18.7. The SMILES string of the molecule is O=C(O)CCCCCCCC(=O)Cc1cnc2c3ncn([C@@H]4O[C@H](CO)[C@@H](O)[C@H]4O)c3ncn12. The Kier molecular flexibility index (Phi) is 7.51. The van der Waals surface area contributed by atoms with Gasteiger partial charge in [0.05, 0.1) is 18.6 Å². The van der Waals surface area contributed by atoms with E-state index in [-0.39, 0.29) is 18.6 Å². The van der Waals surface area contributed by atoms with Crippen molar-refractivity contribution in [1.82, 2.24) is 23.9 Å². The number of hydrogen-bond donors (Lipinski definition) is 4. The minimum atomic E-state index is -1.25. The van der Waals surface area contributed by atoms with Gasteiger partial charge in [0.1, 0.15) is 30.4 Å². The van der Waals surface area contributed by atoms with Crippen LogP contribution in [0.25, 0.3) is 16.8 Å². The van der Waals surface area contributed by atoms with Crippen molar-refractivity contribution in [2.75, 3.05) is 6.61 Å². The highest BCUT2D eigenvalue weighted by Gasteiger charge is 2.44. The lowest BCUT2D eigenvalue weighted by atomic mass is 10.1. The van der Waals surface area contributed by atoms with Crippen molar-refractivity contribution in [3.05, 3.63) is 24.5 Å². The van der Waals surface area contributed by atoms with E-state index in [0.717, 1.165) is 25.7 Å². The second-order valence-electron chi connectivity index (χ2n) is 8.62. The van der Waals surface area contributed by atoms with Gasteiger partial charge in [-0.05, 0) is 12.8 Å². The van der Waals surface area contributed by atoms with Crippen LogP contribution < -0.4 is 0 Å². The summed E-state index contributed by atoms with van der Waals surface area (Å²) in [6, 6.07) is 0. The van der Waals surface area contributed by atoms with E-state index in [9.17, 15) is 24.9 Å². The molecule has 184 valence electrons. The second-order valence-corrected chi connectivity index (χ2v) is 8.62. The summed E-state index contributed by atoms with van der Waals surface area (Å²) >= 11 is 0. The summed E-state index contributed by atoms with van der Waals surface area (Å²) in [6.45, 7) is -0.429. The van der Waals surface area contributed by atoms with Crippen molar-refractivity contribution in [1.29, 1.82) is 0 Å². The van der Waals surface area contributed by atoms with Crippen LogP contribution in [0, 0.1) is 0 Å². The van der Waals surface area contributed by atoms with Gasteiger partial charge in [0.2, 0.25) is 0 Å². The molecule has 0 radical (unpaired) electrons. The van der Waals surface area contributed by atoms with E-state index in [1.165, 1.54) is 17.2 Å². The van der Waals surface area contributed by atoms with Gasteiger partial charge in [0.15, 0.2) is 23.0 Å². The lowest BCUT2D eigenvalue weighted by Gasteiger charge is -2.16. The van der Waals surface area contributed by atoms with Crippen molar-refractivity contribution >= 4 is 28.6 Å². The Labute approximate surface area is 194 Å². The third-order valence-corrected chi connectivity index (χ3v) is 6.16. The number of aromatic nitrogens is 5. The van der Waals surface area contributed by atoms with Gasteiger partial charge in [-0.3, -0.25) is 18.6 Å². The Balaban J connectivity index is 1.39. The molecule has 4 rings (SSSR count). The first-order chi connectivity index (χ1) is 16.4. The first kappa shape index (κ1) is 24.2. The van der Waals surface area contributed by atoms with E-state index < -0.39 is 37.1 Å². The molecule has 0 bridgehead atoms. The zero-order chi connectivity index (χ0) is 24.2. The van der Waals surface area contributed by atoms with Crippen LogP contribution in [0.5, 0.6) is 0 Å². The highest BCUT2D eigenvalue weighted by Crippen LogP contribution is 2.31. The molecule has 0 unspecified atom stereocenters. The fraction of sp³-hybridized carbons (Fsp3) is 0.591. The van der Waals surface area contributed by atoms with E-state index in [2.05, 4.69) is 15.0 Å². The number of carbonyl (C=O) groups excluding carboxylic acids is 1. The predicted molar refractivity (Wildman–Crippen MR) is 118 cm³/mol. The largest absolute Gasteiger partial charge is 0.481 e. The number of carboxylic acids is 1. The molecule has 12 nitrogen and oxygen atoms in total. The van der Waals surface area contributed by atoms with Crippen molar-refractivity contribution in [3.63, 3.8) is 0 Å². The Morgan fingerprint density at radius 2 is 1.68 bits per heavy atom. The van der Waals surface area contributed by atoms with Crippen molar-refractivity contribution in [2.45, 2.75) is 75.9 Å². The van der Waals surface area contributed by atoms with E-state index in [1.54, 1.807) is 10.6 Å². The number of hydrogen-bond acceptors (Lipinski definition) is 9. The van der Waals surface area contributed by atoms with E-state index >= 15 is 0 Å². The predicted octanol–water partition coefficient (Wildman–Crippen LogP) is 0.617. The van der Waals surface area contributed by atoms with Gasteiger partial charge in [-0.2, -0.15) is 0 Å². The number of aliphatic hydroxyl groups is 3. The van der Waals surface area contributed by atoms with Gasteiger partial charge in [-0.25, -0.2) is 15.0 Å². The highest BCUT2D eigenvalue weighted by molar-refractivity contribution is 5.86. The van der Waals surface area contributed by atoms with Crippen LogP contribution in [-0.4, -0.2) is 81.0 Å². The first-order valence-corrected chi connectivity index (χ1v) is 11.4. The van der Waals surface area contributed by atoms with E-state index in [1.807, 2.05) is 0 Å². The molecular weight excluding hydrogens is 446 g/mol. The number of carbonyl (C=O) groups is 2. The molecule has 0 aromatic carbocycles. The van der Waals surface area contributed by atoms with Crippen molar-refractivity contribution in [3.8, 4) is 0 Å². The summed E-state index contributed by atoms with van der Waals surface area (Å²) in [5.41, 5.74) is 2.06. The molecular formula is C22H29N5O7. The average Bonchev–Trinajstić information content (AvgIpc) is 3.49. The van der Waals surface area contributed by atoms with Gasteiger partial charge in [-0.15, -0.1) is 0 Å². The summed E-state index contributed by atoms with van der Waals surface area (Å²) in [6.07, 6.45) is 5.17. The van der Waals surface area contributed by atoms with Crippen LogP contribution in [0.4, 0.5) is 0 Å². The van der Waals surface area contributed by atoms with Gasteiger partial charge >= 0.3 is 5.97 Å². The number of rotatable bonds is 12. The molecule has 1 saturated heterocycles. The molecule has 12 heteroatoms. The maximum absolute atomic E-state index is 12.5. The minimum absolute atomic E-state index is 0.0875. The summed E-state index contributed by atoms with van der Waals surface area (Å²) in [4.78, 5) is 36.1. The molecule has 4 N–H and O–H groups in total. The standard InChI is InChI=1S/C22H29N5O7/c28-10-15-18(32)19(33)22(34-15)27-11-24-17-20-23-9-13(26(20)12-25-21(17)27)8-14(29)6-4-2-1-3-5-7-16(30)31/h9,11-12,15,18-19,22,28,32-33H,1-8,10H2,(H,30,31)/t15-,18-,19-,22-/m1/s1. The molecule has 0 aliphatic carbocycles. The smallest absolute Gasteiger partial charge is 0.303 e. The van der Waals surface area contributed by atoms with Crippen LogP contribution in [0.2, 0.25) is 0 Å². The lowest BCUT2D eigenvalue weighted by molar-refractivity contribution is -0.137. The number of imidazole rings is 2. The summed E-state index contributed by atoms with van der Waals surface area (Å²) < 4.78 is 8.78. The molecule has 3 aromatic heterocycles. The molecule has 4 heterocycles. The molecule has 1 fully saturated rings. The maximum atomic E-state index is 12.5. The van der Waals surface area contributed by atoms with Crippen LogP contribution in [-0.2, 0) is 20.7 Å². The molecule has 1 aliphatic heterocycles. The zero-order valence-electron chi connectivity index (χ0n) is 18.7. The fourth-order valence-corrected chi connectivity index (χ4v) is 4.30. The van der Waals surface area contributed by atoms with Crippen LogP contribution >= 0.6 is 0 Å². The Bertz CT molecular complexity index is 1160. The summed E-state index contributed by atoms with van der Waals surface area (Å²) in [5, 5.41) is 38.3. The Morgan fingerprint density at radius 1 is 0.941 bits per heavy atom. The number of Topliss-reactive ketones (excluding diaryl/α,β-unsaturated/α-hetero) is 1. The molecule has 3 aromatic rings. The average molecular weight is 476 g/mol. The molecule has 34 heavy (non-hydrogen) atoms. The van der Waals surface area contributed by atoms with Gasteiger partial charge in [0, 0.05) is 25.5 Å². The van der Waals surface area contributed by atoms with Gasteiger partial charge in [-0.1, -0.05) is 19.3 Å². The third-order valence-electron chi connectivity index (χ3n) is 6.16. The number of fused-ring (bicyclic) bond motifs is 3. The first-order valence-electron chi connectivity index (χ1n) is 11.4. The van der Waals surface area contributed by atoms with Crippen LogP contribution in [0.15, 0.2) is 18.9 Å². The third kappa shape index (κ3) is 4.94. The molecule has 0 amide bonds. The Hall–Kier alpha value is -2.93. The second kappa shape index (κ2) is 10.6. The summed E-state index contributed by atoms with van der Waals surface area (Å²) in [7, 11) is 0.